The number of aromatic nitrogens is 1. The number of carbonyl (C=O) groups is 1. The second kappa shape index (κ2) is 9.34. The van der Waals surface area contributed by atoms with Crippen LogP contribution in [0.3, 0.4) is 0 Å². The molecular formula is C21H26ClN5OS. The smallest absolute Gasteiger partial charge is 0.218 e. The van der Waals surface area contributed by atoms with Gasteiger partial charge in [0, 0.05) is 61.8 Å². The Kier molecular flexibility index (Phi) is 6.60. The summed E-state index contributed by atoms with van der Waals surface area (Å²) in [6.07, 6.45) is 3.37. The molecule has 1 saturated heterocycles. The van der Waals surface area contributed by atoms with E-state index < -0.39 is 0 Å². The topological polar surface area (TPSA) is 65.7 Å². The standard InChI is InChI=1S/C21H26ClN5OS/c22-16-4-5-17-19(15-16)29-18-3-1-7-24-21(18)27(17)9-2-8-25-11-13-26(14-12-25)10-6-20(23)28/h1,3-5,7,15H,2,6,8-14H2,(H2,23,28). The lowest BCUT2D eigenvalue weighted by Crippen LogP contribution is -2.47. The number of hydrogen-bond acceptors (Lipinski definition) is 6. The summed E-state index contributed by atoms with van der Waals surface area (Å²) in [6, 6.07) is 10.2. The lowest BCUT2D eigenvalue weighted by Gasteiger charge is -2.35. The molecule has 0 spiro atoms. The first-order valence-corrected chi connectivity index (χ1v) is 11.2. The number of pyridine rings is 1. The van der Waals surface area contributed by atoms with Gasteiger partial charge in [0.05, 0.1) is 10.6 Å². The van der Waals surface area contributed by atoms with Gasteiger partial charge in [0.25, 0.3) is 0 Å². The second-order valence-electron chi connectivity index (χ2n) is 7.44. The van der Waals surface area contributed by atoms with E-state index in [1.165, 1.54) is 15.5 Å². The molecule has 0 aliphatic carbocycles. The van der Waals surface area contributed by atoms with Crippen LogP contribution in [-0.2, 0) is 4.79 Å². The summed E-state index contributed by atoms with van der Waals surface area (Å²) in [5.74, 6) is 0.811. The Labute approximate surface area is 181 Å². The highest BCUT2D eigenvalue weighted by molar-refractivity contribution is 7.99. The third-order valence-electron chi connectivity index (χ3n) is 5.43. The zero-order valence-electron chi connectivity index (χ0n) is 16.4. The predicted molar refractivity (Wildman–Crippen MR) is 118 cm³/mol. The zero-order valence-corrected chi connectivity index (χ0v) is 18.0. The van der Waals surface area contributed by atoms with E-state index in [0.29, 0.717) is 6.42 Å². The largest absolute Gasteiger partial charge is 0.370 e. The minimum absolute atomic E-state index is 0.220. The molecule has 154 valence electrons. The number of fused-ring (bicyclic) bond motifs is 2. The molecule has 2 aliphatic rings. The number of hydrogen-bond donors (Lipinski definition) is 1. The Morgan fingerprint density at radius 2 is 1.83 bits per heavy atom. The number of benzene rings is 1. The maximum atomic E-state index is 11.0. The summed E-state index contributed by atoms with van der Waals surface area (Å²) in [7, 11) is 0. The van der Waals surface area contributed by atoms with Gasteiger partial charge in [-0.25, -0.2) is 4.98 Å². The molecule has 3 heterocycles. The summed E-state index contributed by atoms with van der Waals surface area (Å²) in [5.41, 5.74) is 6.44. The van der Waals surface area contributed by atoms with Crippen molar-refractivity contribution >= 4 is 40.8 Å². The van der Waals surface area contributed by atoms with E-state index in [0.717, 1.165) is 63.1 Å². The summed E-state index contributed by atoms with van der Waals surface area (Å²) in [5, 5.41) is 0.762. The van der Waals surface area contributed by atoms with Gasteiger partial charge in [0.2, 0.25) is 5.91 Å². The Morgan fingerprint density at radius 1 is 1.07 bits per heavy atom. The van der Waals surface area contributed by atoms with Gasteiger partial charge in [-0.1, -0.05) is 23.4 Å². The molecule has 1 aromatic heterocycles. The Balaban J connectivity index is 1.34. The molecule has 2 aromatic rings. The molecule has 0 bridgehead atoms. The number of anilines is 2. The van der Waals surface area contributed by atoms with Crippen molar-refractivity contribution in [2.24, 2.45) is 5.73 Å². The van der Waals surface area contributed by atoms with E-state index in [2.05, 4.69) is 31.8 Å². The molecular weight excluding hydrogens is 406 g/mol. The molecule has 1 aromatic carbocycles. The van der Waals surface area contributed by atoms with E-state index in [4.69, 9.17) is 17.3 Å². The van der Waals surface area contributed by atoms with Crippen LogP contribution in [0.2, 0.25) is 5.02 Å². The summed E-state index contributed by atoms with van der Waals surface area (Å²) in [6.45, 7) is 6.82. The fourth-order valence-electron chi connectivity index (χ4n) is 3.87. The third kappa shape index (κ3) is 5.04. The molecule has 6 nitrogen and oxygen atoms in total. The fraction of sp³-hybridized carbons (Fsp3) is 0.429. The number of piperazine rings is 1. The maximum Gasteiger partial charge on any atom is 0.218 e. The molecule has 2 N–H and O–H groups in total. The maximum absolute atomic E-state index is 11.0. The molecule has 0 atom stereocenters. The highest BCUT2D eigenvalue weighted by Gasteiger charge is 2.25. The first-order chi connectivity index (χ1) is 14.1. The van der Waals surface area contributed by atoms with E-state index in [9.17, 15) is 4.79 Å². The van der Waals surface area contributed by atoms with Crippen LogP contribution in [0, 0.1) is 0 Å². The van der Waals surface area contributed by atoms with Gasteiger partial charge < -0.3 is 20.4 Å². The monoisotopic (exact) mass is 431 g/mol. The van der Waals surface area contributed by atoms with Crippen molar-refractivity contribution in [3.05, 3.63) is 41.6 Å². The molecule has 1 fully saturated rings. The lowest BCUT2D eigenvalue weighted by molar-refractivity contribution is -0.118. The number of amides is 1. The number of halogens is 1. The first-order valence-electron chi connectivity index (χ1n) is 10.0. The zero-order chi connectivity index (χ0) is 20.2. The van der Waals surface area contributed by atoms with Crippen LogP contribution >= 0.6 is 23.4 Å². The van der Waals surface area contributed by atoms with Crippen molar-refractivity contribution in [1.29, 1.82) is 0 Å². The second-order valence-corrected chi connectivity index (χ2v) is 8.96. The summed E-state index contributed by atoms with van der Waals surface area (Å²) >= 11 is 7.96. The number of rotatable bonds is 7. The number of nitrogens with two attached hydrogens (primary N) is 1. The molecule has 1 amide bonds. The number of nitrogens with zero attached hydrogens (tertiary/aromatic N) is 4. The van der Waals surface area contributed by atoms with Crippen molar-refractivity contribution < 1.29 is 4.79 Å². The SMILES string of the molecule is NC(=O)CCN1CCN(CCCN2c3ccc(Cl)cc3Sc3cccnc32)CC1. The van der Waals surface area contributed by atoms with E-state index in [-0.39, 0.29) is 5.91 Å². The predicted octanol–water partition coefficient (Wildman–Crippen LogP) is 3.22. The van der Waals surface area contributed by atoms with E-state index >= 15 is 0 Å². The molecule has 29 heavy (non-hydrogen) atoms. The number of primary amides is 1. The van der Waals surface area contributed by atoms with E-state index in [1.54, 1.807) is 11.8 Å². The third-order valence-corrected chi connectivity index (χ3v) is 6.76. The van der Waals surface area contributed by atoms with Gasteiger partial charge in [-0.2, -0.15) is 0 Å². The quantitative estimate of drug-likeness (QED) is 0.726. The number of carbonyl (C=O) groups excluding carboxylic acids is 1. The van der Waals surface area contributed by atoms with Crippen LogP contribution < -0.4 is 10.6 Å². The van der Waals surface area contributed by atoms with Crippen molar-refractivity contribution in [1.82, 2.24) is 14.8 Å². The molecule has 0 saturated carbocycles. The van der Waals surface area contributed by atoms with Gasteiger partial charge in [-0.05, 0) is 43.3 Å². The molecule has 0 unspecified atom stereocenters. The van der Waals surface area contributed by atoms with Crippen molar-refractivity contribution in [3.63, 3.8) is 0 Å². The van der Waals surface area contributed by atoms with Gasteiger partial charge in [0.15, 0.2) is 0 Å². The molecule has 4 rings (SSSR count). The van der Waals surface area contributed by atoms with Crippen LogP contribution in [0.25, 0.3) is 0 Å². The molecule has 2 aliphatic heterocycles. The van der Waals surface area contributed by atoms with Crippen LogP contribution in [0.5, 0.6) is 0 Å². The van der Waals surface area contributed by atoms with Crippen molar-refractivity contribution in [3.8, 4) is 0 Å². The first kappa shape index (κ1) is 20.5. The highest BCUT2D eigenvalue weighted by atomic mass is 35.5. The van der Waals surface area contributed by atoms with Gasteiger partial charge in [0.1, 0.15) is 5.82 Å². The Morgan fingerprint density at radius 3 is 2.59 bits per heavy atom. The molecule has 8 heteroatoms. The minimum atomic E-state index is -0.220. The summed E-state index contributed by atoms with van der Waals surface area (Å²) < 4.78 is 0. The highest BCUT2D eigenvalue weighted by Crippen LogP contribution is 2.47. The van der Waals surface area contributed by atoms with Crippen LogP contribution in [-0.4, -0.2) is 66.5 Å². The van der Waals surface area contributed by atoms with Gasteiger partial charge in [-0.3, -0.25) is 4.79 Å². The average Bonchev–Trinajstić information content (AvgIpc) is 2.72. The molecule has 0 radical (unpaired) electrons. The summed E-state index contributed by atoms with van der Waals surface area (Å²) in [4.78, 5) is 25.1. The minimum Gasteiger partial charge on any atom is -0.370 e. The van der Waals surface area contributed by atoms with Gasteiger partial charge in [-0.15, -0.1) is 0 Å². The fourth-order valence-corrected chi connectivity index (χ4v) is 5.22. The van der Waals surface area contributed by atoms with Crippen LogP contribution in [0.4, 0.5) is 11.5 Å². The lowest BCUT2D eigenvalue weighted by atomic mass is 10.2. The Hall–Kier alpha value is -1.80. The van der Waals surface area contributed by atoms with E-state index in [1.807, 2.05) is 24.4 Å². The van der Waals surface area contributed by atoms with Crippen LogP contribution in [0.15, 0.2) is 46.3 Å². The van der Waals surface area contributed by atoms with Crippen molar-refractivity contribution in [2.75, 3.05) is 50.7 Å². The Bertz CT molecular complexity index is 872. The average molecular weight is 432 g/mol. The normalized spacial score (nSPS) is 17.1. The van der Waals surface area contributed by atoms with Crippen LogP contribution in [0.1, 0.15) is 12.8 Å². The van der Waals surface area contributed by atoms with Gasteiger partial charge >= 0.3 is 0 Å². The van der Waals surface area contributed by atoms with Crippen molar-refractivity contribution in [2.45, 2.75) is 22.6 Å².